The molecule has 0 saturated carbocycles. The molecule has 2 atom stereocenters. The van der Waals surface area contributed by atoms with Crippen molar-refractivity contribution in [3.8, 4) is 5.75 Å². The molecule has 0 aromatic heterocycles. The molecule has 0 radical (unpaired) electrons. The predicted molar refractivity (Wildman–Crippen MR) is 71.8 cm³/mol. The van der Waals surface area contributed by atoms with E-state index in [9.17, 15) is 0 Å². The zero-order valence-corrected chi connectivity index (χ0v) is 12.5. The highest BCUT2D eigenvalue weighted by atomic mass is 79.9. The van der Waals surface area contributed by atoms with Gasteiger partial charge in [0.15, 0.2) is 0 Å². The lowest BCUT2D eigenvalue weighted by Crippen LogP contribution is -2.29. The standard InChI is InChI=1S/C11H12BrCl2NO2/c1-3-7-10(15-16-2)8-9(14)5(12)4-6(13)11(8)17-7/h4,7,10,15H,3H2,1-2H3. The third-order valence-corrected chi connectivity index (χ3v) is 4.30. The Morgan fingerprint density at radius 1 is 1.53 bits per heavy atom. The summed E-state index contributed by atoms with van der Waals surface area (Å²) in [7, 11) is 1.57. The number of rotatable bonds is 3. The molecule has 0 amide bonds. The van der Waals surface area contributed by atoms with Crippen LogP contribution in [0.1, 0.15) is 24.9 Å². The van der Waals surface area contributed by atoms with E-state index in [0.29, 0.717) is 15.8 Å². The molecular formula is C11H12BrCl2NO2. The summed E-state index contributed by atoms with van der Waals surface area (Å²) in [5, 5.41) is 1.16. The van der Waals surface area contributed by atoms with Crippen molar-refractivity contribution in [2.24, 2.45) is 0 Å². The first-order chi connectivity index (χ1) is 8.10. The first-order valence-electron chi connectivity index (χ1n) is 5.22. The third-order valence-electron chi connectivity index (χ3n) is 2.76. The van der Waals surface area contributed by atoms with Gasteiger partial charge in [0, 0.05) is 10.0 Å². The summed E-state index contributed by atoms with van der Waals surface area (Å²) >= 11 is 15.8. The minimum absolute atomic E-state index is 0.0331. The molecule has 1 aromatic rings. The van der Waals surface area contributed by atoms with Crippen LogP contribution in [0.4, 0.5) is 0 Å². The van der Waals surface area contributed by atoms with Crippen LogP contribution in [0.25, 0.3) is 0 Å². The number of fused-ring (bicyclic) bond motifs is 1. The van der Waals surface area contributed by atoms with Crippen molar-refractivity contribution in [2.75, 3.05) is 7.11 Å². The molecule has 0 bridgehead atoms. The molecule has 94 valence electrons. The average Bonchev–Trinajstić information content (AvgIpc) is 2.66. The molecule has 1 aromatic carbocycles. The van der Waals surface area contributed by atoms with Crippen LogP contribution in [-0.2, 0) is 4.84 Å². The van der Waals surface area contributed by atoms with E-state index in [4.69, 9.17) is 32.8 Å². The SMILES string of the molecule is CCC1Oc2c(Cl)cc(Br)c(Cl)c2C1NOC. The van der Waals surface area contributed by atoms with E-state index in [1.165, 1.54) is 0 Å². The van der Waals surface area contributed by atoms with Gasteiger partial charge < -0.3 is 9.57 Å². The van der Waals surface area contributed by atoms with E-state index in [1.54, 1.807) is 13.2 Å². The second-order valence-electron chi connectivity index (χ2n) is 3.76. The van der Waals surface area contributed by atoms with E-state index >= 15 is 0 Å². The zero-order chi connectivity index (χ0) is 12.6. The van der Waals surface area contributed by atoms with Crippen molar-refractivity contribution in [3.05, 3.63) is 26.1 Å². The van der Waals surface area contributed by atoms with Gasteiger partial charge in [0.05, 0.1) is 23.2 Å². The predicted octanol–water partition coefficient (Wildman–Crippen LogP) is 4.12. The Balaban J connectivity index is 2.52. The van der Waals surface area contributed by atoms with Gasteiger partial charge in [-0.3, -0.25) is 0 Å². The molecule has 3 nitrogen and oxygen atoms in total. The maximum Gasteiger partial charge on any atom is 0.145 e. The van der Waals surface area contributed by atoms with Crippen molar-refractivity contribution in [1.82, 2.24) is 5.48 Å². The zero-order valence-electron chi connectivity index (χ0n) is 9.39. The molecule has 6 heteroatoms. The molecular weight excluding hydrogens is 329 g/mol. The molecule has 1 heterocycles. The van der Waals surface area contributed by atoms with Crippen molar-refractivity contribution in [2.45, 2.75) is 25.5 Å². The van der Waals surface area contributed by atoms with Crippen LogP contribution in [0.15, 0.2) is 10.5 Å². The summed E-state index contributed by atoms with van der Waals surface area (Å²) in [6.45, 7) is 2.04. The maximum absolute atomic E-state index is 6.28. The van der Waals surface area contributed by atoms with E-state index < -0.39 is 0 Å². The van der Waals surface area contributed by atoms with E-state index in [2.05, 4.69) is 21.4 Å². The molecule has 0 aliphatic carbocycles. The number of hydroxylamine groups is 1. The smallest absolute Gasteiger partial charge is 0.145 e. The fourth-order valence-corrected chi connectivity index (χ4v) is 3.07. The second kappa shape index (κ2) is 5.33. The fourth-order valence-electron chi connectivity index (χ4n) is 1.98. The Bertz CT molecular complexity index is 442. The summed E-state index contributed by atoms with van der Waals surface area (Å²) in [5.41, 5.74) is 3.76. The Kier molecular flexibility index (Phi) is 4.21. The van der Waals surface area contributed by atoms with Gasteiger partial charge in [-0.15, -0.1) is 0 Å². The Hall–Kier alpha value is -0.0000000000000000971. The number of nitrogens with one attached hydrogen (secondary N) is 1. The summed E-state index contributed by atoms with van der Waals surface area (Å²) in [6, 6.07) is 1.63. The lowest BCUT2D eigenvalue weighted by Gasteiger charge is -2.17. The molecule has 0 saturated heterocycles. The first kappa shape index (κ1) is 13.4. The van der Waals surface area contributed by atoms with Crippen LogP contribution in [-0.4, -0.2) is 13.2 Å². The summed E-state index contributed by atoms with van der Waals surface area (Å²) < 4.78 is 6.56. The number of benzene rings is 1. The van der Waals surface area contributed by atoms with Gasteiger partial charge in [0.1, 0.15) is 11.9 Å². The molecule has 0 fully saturated rings. The highest BCUT2D eigenvalue weighted by Crippen LogP contribution is 2.48. The number of halogens is 3. The topological polar surface area (TPSA) is 30.5 Å². The number of hydrogen-bond acceptors (Lipinski definition) is 3. The molecule has 2 rings (SSSR count). The monoisotopic (exact) mass is 339 g/mol. The van der Waals surface area contributed by atoms with E-state index in [0.717, 1.165) is 16.5 Å². The average molecular weight is 341 g/mol. The van der Waals surface area contributed by atoms with Gasteiger partial charge in [-0.2, -0.15) is 5.48 Å². The normalized spacial score (nSPS) is 22.4. The molecule has 2 unspecified atom stereocenters. The van der Waals surface area contributed by atoms with Crippen LogP contribution < -0.4 is 10.2 Å². The third kappa shape index (κ3) is 2.29. The summed E-state index contributed by atoms with van der Waals surface area (Å²) in [5.74, 6) is 0.640. The fraction of sp³-hybridized carbons (Fsp3) is 0.455. The van der Waals surface area contributed by atoms with Crippen LogP contribution in [0, 0.1) is 0 Å². The first-order valence-corrected chi connectivity index (χ1v) is 6.77. The Morgan fingerprint density at radius 3 is 2.82 bits per heavy atom. The van der Waals surface area contributed by atoms with E-state index in [1.807, 2.05) is 6.92 Å². The van der Waals surface area contributed by atoms with Crippen molar-refractivity contribution < 1.29 is 9.57 Å². The lowest BCUT2D eigenvalue weighted by atomic mass is 10.0. The summed E-state index contributed by atoms with van der Waals surface area (Å²) in [4.78, 5) is 5.00. The van der Waals surface area contributed by atoms with Gasteiger partial charge in [-0.1, -0.05) is 30.1 Å². The van der Waals surface area contributed by atoms with Gasteiger partial charge in [0.2, 0.25) is 0 Å². The molecule has 0 spiro atoms. The van der Waals surface area contributed by atoms with Crippen LogP contribution in [0.2, 0.25) is 10.0 Å². The molecule has 1 N–H and O–H groups in total. The number of ether oxygens (including phenoxy) is 1. The largest absolute Gasteiger partial charge is 0.486 e. The molecule has 1 aliphatic rings. The maximum atomic E-state index is 6.28. The second-order valence-corrected chi connectivity index (χ2v) is 5.40. The van der Waals surface area contributed by atoms with Gasteiger partial charge in [0.25, 0.3) is 0 Å². The summed E-state index contributed by atoms with van der Waals surface area (Å²) in [6.07, 6.45) is 0.800. The van der Waals surface area contributed by atoms with Crippen molar-refractivity contribution >= 4 is 39.1 Å². The highest BCUT2D eigenvalue weighted by Gasteiger charge is 2.37. The van der Waals surface area contributed by atoms with E-state index in [-0.39, 0.29) is 12.1 Å². The minimum Gasteiger partial charge on any atom is -0.486 e. The van der Waals surface area contributed by atoms with Gasteiger partial charge >= 0.3 is 0 Å². The Morgan fingerprint density at radius 2 is 2.24 bits per heavy atom. The van der Waals surface area contributed by atoms with Crippen LogP contribution in [0.5, 0.6) is 5.75 Å². The van der Waals surface area contributed by atoms with Crippen LogP contribution in [0.3, 0.4) is 0 Å². The lowest BCUT2D eigenvalue weighted by molar-refractivity contribution is 0.0284. The van der Waals surface area contributed by atoms with Crippen LogP contribution >= 0.6 is 39.1 Å². The van der Waals surface area contributed by atoms with Crippen molar-refractivity contribution in [3.63, 3.8) is 0 Å². The Labute approximate surface area is 118 Å². The van der Waals surface area contributed by atoms with Crippen molar-refractivity contribution in [1.29, 1.82) is 0 Å². The molecule has 17 heavy (non-hydrogen) atoms. The highest BCUT2D eigenvalue weighted by molar-refractivity contribution is 9.10. The number of hydrogen-bond donors (Lipinski definition) is 1. The quantitative estimate of drug-likeness (QED) is 0.663. The minimum atomic E-state index is -0.109. The van der Waals surface area contributed by atoms with Gasteiger partial charge in [-0.25, -0.2) is 0 Å². The molecule has 1 aliphatic heterocycles. The van der Waals surface area contributed by atoms with Gasteiger partial charge in [-0.05, 0) is 28.4 Å².